The normalized spacial score (nSPS) is 14.5. The summed E-state index contributed by atoms with van der Waals surface area (Å²) in [4.78, 5) is 28.5. The van der Waals surface area contributed by atoms with Crippen molar-refractivity contribution in [1.29, 1.82) is 0 Å². The Bertz CT molecular complexity index is 1120. The van der Waals surface area contributed by atoms with Crippen LogP contribution in [0, 0.1) is 6.92 Å². The Morgan fingerprint density at radius 1 is 0.935 bits per heavy atom. The number of benzene rings is 2. The lowest BCUT2D eigenvalue weighted by atomic mass is 10.2. The van der Waals surface area contributed by atoms with Gasteiger partial charge in [-0.25, -0.2) is 17.9 Å². The number of amides is 3. The van der Waals surface area contributed by atoms with Crippen molar-refractivity contribution in [2.45, 2.75) is 11.8 Å². The zero-order valence-electron chi connectivity index (χ0n) is 17.0. The minimum atomic E-state index is -3.71. The first-order chi connectivity index (χ1) is 14.6. The van der Waals surface area contributed by atoms with Crippen LogP contribution >= 0.6 is 23.2 Å². The predicted molar refractivity (Wildman–Crippen MR) is 120 cm³/mol. The molecule has 2 aromatic rings. The zero-order chi connectivity index (χ0) is 22.8. The number of nitrogens with zero attached hydrogens (tertiary/aromatic N) is 2. The minimum absolute atomic E-state index is 0.0440. The smallest absolute Gasteiger partial charge is 0.321 e. The highest BCUT2D eigenvalue weighted by Crippen LogP contribution is 2.23. The van der Waals surface area contributed by atoms with E-state index in [0.717, 1.165) is 5.56 Å². The van der Waals surface area contributed by atoms with Crippen molar-refractivity contribution < 1.29 is 18.0 Å². The van der Waals surface area contributed by atoms with Gasteiger partial charge < -0.3 is 15.1 Å². The Morgan fingerprint density at radius 2 is 1.58 bits per heavy atom. The molecule has 0 radical (unpaired) electrons. The van der Waals surface area contributed by atoms with Crippen LogP contribution in [0.25, 0.3) is 0 Å². The zero-order valence-corrected chi connectivity index (χ0v) is 19.3. The number of carbonyl (C=O) groups is 2. The molecule has 166 valence electrons. The fourth-order valence-corrected chi connectivity index (χ4v) is 4.24. The van der Waals surface area contributed by atoms with Gasteiger partial charge >= 0.3 is 6.03 Å². The standard InChI is InChI=1S/C20H22Cl2N4O4S/c1-13-3-4-14(11-18(13)22)24-20(28)26-9-7-25(8-10-26)19(27)16-12-15(5-6-17(16)21)31(29,30)23-2/h3-6,11-12,23H,7-10H2,1-2H3,(H,24,28). The van der Waals surface area contributed by atoms with Crippen LogP contribution in [0.3, 0.4) is 0 Å². The molecule has 0 saturated carbocycles. The molecule has 8 nitrogen and oxygen atoms in total. The molecule has 2 aromatic carbocycles. The maximum absolute atomic E-state index is 12.9. The Kier molecular flexibility index (Phi) is 7.10. The molecule has 2 N–H and O–H groups in total. The van der Waals surface area contributed by atoms with Crippen LogP contribution < -0.4 is 10.0 Å². The molecule has 1 saturated heterocycles. The largest absolute Gasteiger partial charge is 0.335 e. The van der Waals surface area contributed by atoms with Crippen molar-refractivity contribution in [3.63, 3.8) is 0 Å². The third-order valence-corrected chi connectivity index (χ3v) is 7.17. The van der Waals surface area contributed by atoms with Gasteiger partial charge in [0, 0.05) is 36.9 Å². The SMILES string of the molecule is CNS(=O)(=O)c1ccc(Cl)c(C(=O)N2CCN(C(=O)Nc3ccc(C)c(Cl)c3)CC2)c1. The highest BCUT2D eigenvalue weighted by molar-refractivity contribution is 7.89. The quantitative estimate of drug-likeness (QED) is 0.695. The molecule has 0 unspecified atom stereocenters. The molecular formula is C20H22Cl2N4O4S. The van der Waals surface area contributed by atoms with E-state index in [2.05, 4.69) is 10.0 Å². The number of nitrogens with one attached hydrogen (secondary N) is 2. The molecule has 3 amide bonds. The van der Waals surface area contributed by atoms with Gasteiger partial charge in [-0.15, -0.1) is 0 Å². The third-order valence-electron chi connectivity index (χ3n) is 5.02. The summed E-state index contributed by atoms with van der Waals surface area (Å²) in [5.41, 5.74) is 1.61. The minimum Gasteiger partial charge on any atom is -0.335 e. The van der Waals surface area contributed by atoms with Gasteiger partial charge in [0.15, 0.2) is 0 Å². The second-order valence-electron chi connectivity index (χ2n) is 7.02. The fraction of sp³-hybridized carbons (Fsp3) is 0.300. The maximum Gasteiger partial charge on any atom is 0.321 e. The highest BCUT2D eigenvalue weighted by Gasteiger charge is 2.27. The van der Waals surface area contributed by atoms with Crippen molar-refractivity contribution in [2.75, 3.05) is 38.5 Å². The monoisotopic (exact) mass is 484 g/mol. The number of piperazine rings is 1. The number of aryl methyl sites for hydroxylation is 1. The van der Waals surface area contributed by atoms with E-state index in [1.165, 1.54) is 25.2 Å². The summed E-state index contributed by atoms with van der Waals surface area (Å²) in [6.45, 7) is 3.10. The number of hydrogen-bond donors (Lipinski definition) is 2. The Balaban J connectivity index is 1.65. The van der Waals surface area contributed by atoms with Gasteiger partial charge in [-0.05, 0) is 49.9 Å². The summed E-state index contributed by atoms with van der Waals surface area (Å²) in [5, 5.41) is 3.53. The molecule has 3 rings (SSSR count). The molecule has 31 heavy (non-hydrogen) atoms. The molecule has 0 spiro atoms. The van der Waals surface area contributed by atoms with E-state index in [9.17, 15) is 18.0 Å². The average Bonchev–Trinajstić information content (AvgIpc) is 2.76. The van der Waals surface area contributed by atoms with Gasteiger partial charge in [-0.3, -0.25) is 4.79 Å². The second kappa shape index (κ2) is 9.44. The third kappa shape index (κ3) is 5.30. The van der Waals surface area contributed by atoms with Crippen molar-refractivity contribution in [1.82, 2.24) is 14.5 Å². The van der Waals surface area contributed by atoms with Gasteiger partial charge in [0.1, 0.15) is 0 Å². The van der Waals surface area contributed by atoms with Crippen LogP contribution in [-0.2, 0) is 10.0 Å². The van der Waals surface area contributed by atoms with E-state index in [-0.39, 0.29) is 27.4 Å². The summed E-state index contributed by atoms with van der Waals surface area (Å²) >= 11 is 12.2. The van der Waals surface area contributed by atoms with Gasteiger partial charge in [-0.2, -0.15) is 0 Å². The number of sulfonamides is 1. The first kappa shape index (κ1) is 23.3. The molecule has 1 heterocycles. The van der Waals surface area contributed by atoms with Crippen LogP contribution in [0.1, 0.15) is 15.9 Å². The molecule has 0 aliphatic carbocycles. The summed E-state index contributed by atoms with van der Waals surface area (Å²) in [6, 6.07) is 8.97. The molecule has 1 aliphatic heterocycles. The number of rotatable bonds is 4. The first-order valence-electron chi connectivity index (χ1n) is 9.47. The van der Waals surface area contributed by atoms with Crippen molar-refractivity contribution in [3.8, 4) is 0 Å². The predicted octanol–water partition coefficient (Wildman–Crippen LogP) is 3.20. The van der Waals surface area contributed by atoms with Crippen molar-refractivity contribution >= 4 is 50.9 Å². The van der Waals surface area contributed by atoms with Crippen LogP contribution in [0.2, 0.25) is 10.0 Å². The topological polar surface area (TPSA) is 98.8 Å². The maximum atomic E-state index is 12.9. The van der Waals surface area contributed by atoms with Gasteiger partial charge in [-0.1, -0.05) is 29.3 Å². The second-order valence-corrected chi connectivity index (χ2v) is 9.72. The molecule has 1 aliphatic rings. The van der Waals surface area contributed by atoms with Gasteiger partial charge in [0.25, 0.3) is 5.91 Å². The van der Waals surface area contributed by atoms with Crippen LogP contribution in [0.15, 0.2) is 41.3 Å². The van der Waals surface area contributed by atoms with E-state index in [0.29, 0.717) is 36.9 Å². The summed E-state index contributed by atoms with van der Waals surface area (Å²) in [6.07, 6.45) is 0. The number of anilines is 1. The van der Waals surface area contributed by atoms with Crippen molar-refractivity contribution in [2.24, 2.45) is 0 Å². The van der Waals surface area contributed by atoms with Crippen molar-refractivity contribution in [3.05, 3.63) is 57.6 Å². The lowest BCUT2D eigenvalue weighted by molar-refractivity contribution is 0.0671. The Hall–Kier alpha value is -2.33. The molecule has 0 aromatic heterocycles. The number of urea groups is 1. The fourth-order valence-electron chi connectivity index (χ4n) is 3.11. The number of halogens is 2. The van der Waals surface area contributed by atoms with Gasteiger partial charge in [0.05, 0.1) is 15.5 Å². The van der Waals surface area contributed by atoms with Crippen LogP contribution in [-0.4, -0.2) is 63.4 Å². The van der Waals surface area contributed by atoms with Gasteiger partial charge in [0.2, 0.25) is 10.0 Å². The number of carbonyl (C=O) groups excluding carboxylic acids is 2. The van der Waals surface area contributed by atoms with Crippen LogP contribution in [0.4, 0.5) is 10.5 Å². The van der Waals surface area contributed by atoms with Crippen LogP contribution in [0.5, 0.6) is 0 Å². The van der Waals surface area contributed by atoms with E-state index in [1.54, 1.807) is 21.9 Å². The molecule has 0 atom stereocenters. The first-order valence-corrected chi connectivity index (χ1v) is 11.7. The number of hydrogen-bond acceptors (Lipinski definition) is 4. The lowest BCUT2D eigenvalue weighted by Gasteiger charge is -2.35. The van der Waals surface area contributed by atoms with E-state index >= 15 is 0 Å². The van der Waals surface area contributed by atoms with E-state index in [1.807, 2.05) is 13.0 Å². The van der Waals surface area contributed by atoms with E-state index < -0.39 is 10.0 Å². The summed E-state index contributed by atoms with van der Waals surface area (Å²) < 4.78 is 26.3. The molecule has 11 heteroatoms. The lowest BCUT2D eigenvalue weighted by Crippen LogP contribution is -2.51. The summed E-state index contributed by atoms with van der Waals surface area (Å²) in [7, 11) is -2.42. The molecular weight excluding hydrogens is 463 g/mol. The molecule has 1 fully saturated rings. The summed E-state index contributed by atoms with van der Waals surface area (Å²) in [5.74, 6) is -0.386. The average molecular weight is 485 g/mol. The van der Waals surface area contributed by atoms with E-state index in [4.69, 9.17) is 23.2 Å². The highest BCUT2D eigenvalue weighted by atomic mass is 35.5. The molecule has 0 bridgehead atoms. The Morgan fingerprint density at radius 3 is 2.19 bits per heavy atom. The Labute approximate surface area is 191 Å².